The van der Waals surface area contributed by atoms with Crippen LogP contribution in [0.25, 0.3) is 10.2 Å². The number of aryl methyl sites for hydroxylation is 1. The molecule has 2 aliphatic heterocycles. The number of ether oxygens (including phenoxy) is 1. The second kappa shape index (κ2) is 9.90. The van der Waals surface area contributed by atoms with E-state index in [0.29, 0.717) is 43.5 Å². The average Bonchev–Trinajstić information content (AvgIpc) is 3.24. The summed E-state index contributed by atoms with van der Waals surface area (Å²) >= 11 is 1.25. The third-order valence-corrected chi connectivity index (χ3v) is 7.99. The van der Waals surface area contributed by atoms with Crippen molar-refractivity contribution in [3.05, 3.63) is 70.7 Å². The van der Waals surface area contributed by atoms with Crippen molar-refractivity contribution in [1.29, 1.82) is 0 Å². The number of aromatic nitrogens is 1. The third-order valence-electron chi connectivity index (χ3n) is 6.89. The highest BCUT2D eigenvalue weighted by Gasteiger charge is 2.34. The van der Waals surface area contributed by atoms with Gasteiger partial charge >= 0.3 is 6.03 Å². The van der Waals surface area contributed by atoms with Gasteiger partial charge in [-0.3, -0.25) is 9.69 Å². The minimum Gasteiger partial charge on any atom is -0.457 e. The molecule has 2 N–H and O–H groups in total. The second-order valence-electron chi connectivity index (χ2n) is 9.81. The summed E-state index contributed by atoms with van der Waals surface area (Å²) in [5, 5.41) is 6.73. The van der Waals surface area contributed by atoms with Gasteiger partial charge in [-0.25, -0.2) is 18.6 Å². The Kier molecular flexibility index (Phi) is 6.40. The molecule has 11 heteroatoms. The SMILES string of the molecule is Cc1cc(Oc2cc(F)cc(F)c2)ccc1N1C(=O)Nc2c(C(=O)N[C@@H]3CCCN(C)C3)sc3nccc1c23. The Morgan fingerprint density at radius 2 is 1.92 bits per heavy atom. The minimum atomic E-state index is -0.740. The van der Waals surface area contributed by atoms with Crippen LogP contribution in [0.2, 0.25) is 0 Å². The molecule has 4 aromatic rings. The molecule has 0 aliphatic carbocycles. The van der Waals surface area contributed by atoms with Crippen LogP contribution in [-0.2, 0) is 0 Å². The van der Waals surface area contributed by atoms with Crippen molar-refractivity contribution < 1.29 is 23.1 Å². The molecule has 1 fully saturated rings. The van der Waals surface area contributed by atoms with Gasteiger partial charge in [0.05, 0.1) is 22.4 Å². The Bertz CT molecular complexity index is 1600. The van der Waals surface area contributed by atoms with E-state index in [4.69, 9.17) is 4.74 Å². The van der Waals surface area contributed by atoms with E-state index in [1.54, 1.807) is 30.5 Å². The number of hydrogen-bond donors (Lipinski definition) is 2. The minimum absolute atomic E-state index is 0.0276. The number of carbonyl (C=O) groups excluding carboxylic acids is 2. The first-order chi connectivity index (χ1) is 18.8. The van der Waals surface area contributed by atoms with Gasteiger partial charge in [-0.2, -0.15) is 0 Å². The quantitative estimate of drug-likeness (QED) is 0.310. The maximum absolute atomic E-state index is 13.6. The standard InChI is InChI=1S/C28H25F2N5O3S/c1-15-10-19(38-20-12-16(29)11-17(30)13-20)5-6-21(15)35-22-7-8-31-27-23(22)24(33-28(35)37)25(39-27)26(36)32-18-4-3-9-34(2)14-18/h5-8,10-13,18H,3-4,9,14H2,1-2H3,(H,32,36)(H,33,37)/t18-/m1/s1. The fourth-order valence-electron chi connectivity index (χ4n) is 5.18. The molecule has 2 aliphatic rings. The predicted octanol–water partition coefficient (Wildman–Crippen LogP) is 6.18. The van der Waals surface area contributed by atoms with Gasteiger partial charge in [-0.1, -0.05) is 0 Å². The molecule has 3 amide bonds. The van der Waals surface area contributed by atoms with Gasteiger partial charge in [-0.15, -0.1) is 11.3 Å². The second-order valence-corrected chi connectivity index (χ2v) is 10.8. The summed E-state index contributed by atoms with van der Waals surface area (Å²) in [6, 6.07) is 9.35. The number of thiophene rings is 1. The molecule has 6 rings (SSSR count). The lowest BCUT2D eigenvalue weighted by molar-refractivity contribution is 0.0917. The summed E-state index contributed by atoms with van der Waals surface area (Å²) < 4.78 is 32.8. The highest BCUT2D eigenvalue weighted by molar-refractivity contribution is 7.21. The molecule has 2 aromatic carbocycles. The first-order valence-corrected chi connectivity index (χ1v) is 13.3. The largest absolute Gasteiger partial charge is 0.457 e. The van der Waals surface area contributed by atoms with Gasteiger partial charge in [0.2, 0.25) is 0 Å². The number of pyridine rings is 1. The lowest BCUT2D eigenvalue weighted by atomic mass is 10.1. The summed E-state index contributed by atoms with van der Waals surface area (Å²) in [4.78, 5) is 36.0. The van der Waals surface area contributed by atoms with Gasteiger partial charge in [0.25, 0.3) is 5.91 Å². The Labute approximate surface area is 227 Å². The van der Waals surface area contributed by atoms with Crippen molar-refractivity contribution in [3.63, 3.8) is 0 Å². The number of nitrogens with zero attached hydrogens (tertiary/aromatic N) is 3. The number of likely N-dealkylation sites (N-methyl/N-ethyl adjacent to an activating group) is 1. The van der Waals surface area contributed by atoms with Gasteiger partial charge in [0, 0.05) is 37.0 Å². The van der Waals surface area contributed by atoms with Crippen molar-refractivity contribution in [1.82, 2.24) is 15.2 Å². The van der Waals surface area contributed by atoms with Crippen LogP contribution in [-0.4, -0.2) is 48.0 Å². The average molecular weight is 550 g/mol. The van der Waals surface area contributed by atoms with Gasteiger partial charge in [0.15, 0.2) is 0 Å². The highest BCUT2D eigenvalue weighted by atomic mass is 32.1. The Balaban J connectivity index is 1.32. The van der Waals surface area contributed by atoms with Crippen LogP contribution in [0.1, 0.15) is 28.1 Å². The zero-order valence-corrected chi connectivity index (χ0v) is 22.1. The summed E-state index contributed by atoms with van der Waals surface area (Å²) in [5.74, 6) is -1.31. The monoisotopic (exact) mass is 549 g/mol. The van der Waals surface area contributed by atoms with E-state index in [-0.39, 0.29) is 17.7 Å². The van der Waals surface area contributed by atoms with E-state index in [1.807, 2.05) is 14.0 Å². The Morgan fingerprint density at radius 3 is 2.67 bits per heavy atom. The van der Waals surface area contributed by atoms with E-state index in [1.165, 1.54) is 16.2 Å². The molecular formula is C28H25F2N5O3S. The number of nitrogens with one attached hydrogen (secondary N) is 2. The molecule has 0 saturated carbocycles. The first-order valence-electron chi connectivity index (χ1n) is 12.5. The van der Waals surface area contributed by atoms with Crippen molar-refractivity contribution in [2.45, 2.75) is 25.8 Å². The number of anilines is 3. The van der Waals surface area contributed by atoms with Crippen LogP contribution in [0.15, 0.2) is 48.7 Å². The molecule has 0 bridgehead atoms. The van der Waals surface area contributed by atoms with Crippen molar-refractivity contribution in [3.8, 4) is 11.5 Å². The van der Waals surface area contributed by atoms with E-state index in [2.05, 4.69) is 20.5 Å². The number of amides is 3. The highest BCUT2D eigenvalue weighted by Crippen LogP contribution is 2.46. The van der Waals surface area contributed by atoms with Crippen LogP contribution in [0.4, 0.5) is 30.6 Å². The summed E-state index contributed by atoms with van der Waals surface area (Å²) in [6.45, 7) is 3.60. The van der Waals surface area contributed by atoms with Crippen LogP contribution < -0.4 is 20.3 Å². The number of hydrogen-bond acceptors (Lipinski definition) is 6. The van der Waals surface area contributed by atoms with E-state index < -0.39 is 17.7 Å². The van der Waals surface area contributed by atoms with Crippen molar-refractivity contribution in [2.24, 2.45) is 0 Å². The summed E-state index contributed by atoms with van der Waals surface area (Å²) in [5.41, 5.74) is 2.36. The summed E-state index contributed by atoms with van der Waals surface area (Å²) in [7, 11) is 2.04. The molecule has 39 heavy (non-hydrogen) atoms. The molecule has 2 aromatic heterocycles. The lowest BCUT2D eigenvalue weighted by Gasteiger charge is -2.31. The predicted molar refractivity (Wildman–Crippen MR) is 146 cm³/mol. The number of likely N-dealkylation sites (tertiary alicyclic amines) is 1. The number of rotatable bonds is 5. The van der Waals surface area contributed by atoms with Crippen LogP contribution in [0.5, 0.6) is 11.5 Å². The van der Waals surface area contributed by atoms with Crippen molar-refractivity contribution in [2.75, 3.05) is 30.4 Å². The number of halogens is 2. The smallest absolute Gasteiger partial charge is 0.331 e. The number of piperidine rings is 1. The van der Waals surface area contributed by atoms with E-state index in [0.717, 1.165) is 44.1 Å². The molecule has 1 atom stereocenters. The van der Waals surface area contributed by atoms with Crippen molar-refractivity contribution >= 4 is 50.6 Å². The molecular weight excluding hydrogens is 524 g/mol. The van der Waals surface area contributed by atoms with Crippen LogP contribution in [0.3, 0.4) is 0 Å². The number of benzene rings is 2. The zero-order chi connectivity index (χ0) is 27.3. The maximum Gasteiger partial charge on any atom is 0.331 e. The molecule has 0 unspecified atom stereocenters. The Hall–Kier alpha value is -4.09. The number of urea groups is 1. The zero-order valence-electron chi connectivity index (χ0n) is 21.3. The summed E-state index contributed by atoms with van der Waals surface area (Å²) in [6.07, 6.45) is 3.54. The van der Waals surface area contributed by atoms with Crippen LogP contribution in [0, 0.1) is 18.6 Å². The third kappa shape index (κ3) is 4.79. The lowest BCUT2D eigenvalue weighted by Crippen LogP contribution is -2.46. The molecule has 8 nitrogen and oxygen atoms in total. The van der Waals surface area contributed by atoms with Gasteiger partial charge < -0.3 is 20.3 Å². The molecule has 4 heterocycles. The molecule has 200 valence electrons. The topological polar surface area (TPSA) is 86.8 Å². The fraction of sp³-hybridized carbons (Fsp3) is 0.250. The molecule has 1 saturated heterocycles. The van der Waals surface area contributed by atoms with Gasteiger partial charge in [-0.05, 0) is 63.2 Å². The van der Waals surface area contributed by atoms with Crippen LogP contribution >= 0.6 is 11.3 Å². The Morgan fingerprint density at radius 1 is 1.13 bits per heavy atom. The van der Waals surface area contributed by atoms with E-state index in [9.17, 15) is 18.4 Å². The number of carbonyl (C=O) groups is 2. The fourth-order valence-corrected chi connectivity index (χ4v) is 6.21. The maximum atomic E-state index is 13.6. The molecule has 0 radical (unpaired) electrons. The van der Waals surface area contributed by atoms with Gasteiger partial charge in [0.1, 0.15) is 32.8 Å². The molecule has 0 spiro atoms. The van der Waals surface area contributed by atoms with E-state index >= 15 is 0 Å². The normalized spacial score (nSPS) is 17.3. The first kappa shape index (κ1) is 25.2.